The molecule has 0 radical (unpaired) electrons. The van der Waals surface area contributed by atoms with E-state index >= 15 is 0 Å². The van der Waals surface area contributed by atoms with Crippen molar-refractivity contribution in [1.29, 1.82) is 0 Å². The first-order valence-corrected chi connectivity index (χ1v) is 7.63. The number of aldehydes is 1. The molecular weight excluding hydrogens is 310 g/mol. The van der Waals surface area contributed by atoms with Crippen LogP contribution in [0.5, 0.6) is 5.75 Å². The Hall–Kier alpha value is -1.92. The van der Waals surface area contributed by atoms with Gasteiger partial charge in [-0.15, -0.1) is 0 Å². The van der Waals surface area contributed by atoms with Crippen molar-refractivity contribution in [1.82, 2.24) is 14.6 Å². The molecule has 2 heterocycles. The number of carbonyl (C=O) groups excluding carboxylic acids is 1. The van der Waals surface area contributed by atoms with Crippen molar-refractivity contribution in [2.45, 2.75) is 12.8 Å². The molecule has 21 heavy (non-hydrogen) atoms. The number of benzene rings is 1. The lowest BCUT2D eigenvalue weighted by atomic mass is 10.3. The molecule has 0 bridgehead atoms. The molecule has 108 valence electrons. The van der Waals surface area contributed by atoms with Crippen LogP contribution in [0.4, 0.5) is 0 Å². The molecule has 3 aromatic rings. The van der Waals surface area contributed by atoms with Gasteiger partial charge in [0.25, 0.3) is 0 Å². The molecule has 0 saturated heterocycles. The molecule has 2 aromatic heterocycles. The third-order valence-electron chi connectivity index (χ3n) is 2.90. The first kappa shape index (κ1) is 14.0. The lowest BCUT2D eigenvalue weighted by Crippen LogP contribution is -2.00. The van der Waals surface area contributed by atoms with Gasteiger partial charge in [0.15, 0.2) is 6.29 Å². The Morgan fingerprint density at radius 3 is 3.05 bits per heavy atom. The minimum Gasteiger partial charge on any atom is -0.492 e. The Bertz CT molecular complexity index is 769. The molecule has 0 aliphatic rings. The maximum Gasteiger partial charge on any atom is 0.212 e. The van der Waals surface area contributed by atoms with E-state index in [0.29, 0.717) is 23.1 Å². The average molecular weight is 322 g/mol. The van der Waals surface area contributed by atoms with E-state index in [1.807, 2.05) is 18.2 Å². The number of nitrogens with zero attached hydrogens (tertiary/aromatic N) is 3. The van der Waals surface area contributed by atoms with Crippen LogP contribution in [0.15, 0.2) is 30.5 Å². The number of para-hydroxylation sites is 1. The van der Waals surface area contributed by atoms with Gasteiger partial charge in [0.1, 0.15) is 16.5 Å². The summed E-state index contributed by atoms with van der Waals surface area (Å²) in [7, 11) is 0. The van der Waals surface area contributed by atoms with Crippen LogP contribution >= 0.6 is 22.9 Å². The molecular formula is C14H12ClN3O2S. The van der Waals surface area contributed by atoms with E-state index in [4.69, 9.17) is 16.3 Å². The zero-order valence-corrected chi connectivity index (χ0v) is 12.6. The molecule has 7 heteroatoms. The van der Waals surface area contributed by atoms with Crippen LogP contribution < -0.4 is 4.74 Å². The average Bonchev–Trinajstić information content (AvgIpc) is 3.05. The lowest BCUT2D eigenvalue weighted by Gasteiger charge is -2.06. The summed E-state index contributed by atoms with van der Waals surface area (Å²) in [6.45, 7) is 0.562. The number of aryl methyl sites for hydroxylation is 1. The third kappa shape index (κ3) is 3.06. The fourth-order valence-electron chi connectivity index (χ4n) is 1.90. The molecule has 0 spiro atoms. The van der Waals surface area contributed by atoms with Gasteiger partial charge in [0.05, 0.1) is 17.8 Å². The summed E-state index contributed by atoms with van der Waals surface area (Å²) in [6.07, 6.45) is 3.87. The Morgan fingerprint density at radius 2 is 2.24 bits per heavy atom. The van der Waals surface area contributed by atoms with E-state index in [-0.39, 0.29) is 0 Å². The number of hydrogen-bond donors (Lipinski definition) is 0. The van der Waals surface area contributed by atoms with Gasteiger partial charge in [-0.1, -0.05) is 35.1 Å². The van der Waals surface area contributed by atoms with Gasteiger partial charge in [-0.3, -0.25) is 4.79 Å². The zero-order valence-electron chi connectivity index (χ0n) is 11.0. The number of imidazole rings is 1. The van der Waals surface area contributed by atoms with Gasteiger partial charge >= 0.3 is 0 Å². The molecule has 0 amide bonds. The van der Waals surface area contributed by atoms with Crippen LogP contribution in [0.1, 0.15) is 21.9 Å². The maximum atomic E-state index is 10.8. The van der Waals surface area contributed by atoms with Crippen molar-refractivity contribution in [2.75, 3.05) is 6.61 Å². The molecule has 0 saturated carbocycles. The van der Waals surface area contributed by atoms with Gasteiger partial charge in [0, 0.05) is 6.42 Å². The molecule has 5 nitrogen and oxygen atoms in total. The van der Waals surface area contributed by atoms with Crippen LogP contribution in [0.2, 0.25) is 5.02 Å². The highest BCUT2D eigenvalue weighted by molar-refractivity contribution is 7.16. The monoisotopic (exact) mass is 321 g/mol. The second-order valence-electron chi connectivity index (χ2n) is 4.37. The number of fused-ring (bicyclic) bond motifs is 1. The maximum absolute atomic E-state index is 10.8. The number of aromatic nitrogens is 3. The third-order valence-corrected chi connectivity index (χ3v) is 4.20. The summed E-state index contributed by atoms with van der Waals surface area (Å²) < 4.78 is 7.20. The molecule has 0 fully saturated rings. The second kappa shape index (κ2) is 6.24. The smallest absolute Gasteiger partial charge is 0.212 e. The summed E-state index contributed by atoms with van der Waals surface area (Å²) >= 11 is 7.50. The molecule has 0 atom stereocenters. The molecule has 1 aromatic carbocycles. The van der Waals surface area contributed by atoms with Crippen LogP contribution in [-0.4, -0.2) is 27.5 Å². The van der Waals surface area contributed by atoms with Gasteiger partial charge in [-0.25, -0.2) is 9.50 Å². The van der Waals surface area contributed by atoms with Crippen LogP contribution in [0, 0.1) is 0 Å². The van der Waals surface area contributed by atoms with Crippen molar-refractivity contribution < 1.29 is 9.53 Å². The van der Waals surface area contributed by atoms with E-state index in [1.165, 1.54) is 17.5 Å². The molecule has 0 N–H and O–H groups in total. The minimum absolute atomic E-state index is 0.472. The summed E-state index contributed by atoms with van der Waals surface area (Å²) in [5, 5.41) is 5.91. The lowest BCUT2D eigenvalue weighted by molar-refractivity contribution is 0.111. The summed E-state index contributed by atoms with van der Waals surface area (Å²) in [4.78, 5) is 15.7. The van der Waals surface area contributed by atoms with E-state index in [9.17, 15) is 4.79 Å². The van der Waals surface area contributed by atoms with E-state index in [0.717, 1.165) is 29.1 Å². The fourth-order valence-corrected chi connectivity index (χ4v) is 3.01. The highest BCUT2D eigenvalue weighted by Gasteiger charge is 2.09. The predicted octanol–water partition coefficient (Wildman–Crippen LogP) is 3.27. The topological polar surface area (TPSA) is 56.5 Å². The van der Waals surface area contributed by atoms with E-state index in [2.05, 4.69) is 10.1 Å². The summed E-state index contributed by atoms with van der Waals surface area (Å²) in [5.41, 5.74) is 0.472. The van der Waals surface area contributed by atoms with Gasteiger partial charge in [0.2, 0.25) is 4.96 Å². The highest BCUT2D eigenvalue weighted by atomic mass is 35.5. The van der Waals surface area contributed by atoms with Crippen molar-refractivity contribution in [2.24, 2.45) is 0 Å². The predicted molar refractivity (Wildman–Crippen MR) is 81.5 cm³/mol. The van der Waals surface area contributed by atoms with Gasteiger partial charge in [-0.05, 0) is 18.6 Å². The minimum atomic E-state index is 0.472. The normalized spacial score (nSPS) is 10.9. The SMILES string of the molecule is O=Cc1cnc2sc(CCCOc3ccccc3Cl)nn12. The molecule has 0 aliphatic heterocycles. The number of ether oxygens (including phenoxy) is 1. The first-order chi connectivity index (χ1) is 10.3. The fraction of sp³-hybridized carbons (Fsp3) is 0.214. The van der Waals surface area contributed by atoms with Gasteiger partial charge in [-0.2, -0.15) is 5.10 Å². The van der Waals surface area contributed by atoms with Crippen LogP contribution in [0.3, 0.4) is 0 Å². The molecule has 3 rings (SSSR count). The van der Waals surface area contributed by atoms with Crippen molar-refractivity contribution in [3.05, 3.63) is 46.2 Å². The zero-order chi connectivity index (χ0) is 14.7. The van der Waals surface area contributed by atoms with E-state index < -0.39 is 0 Å². The number of halogens is 1. The van der Waals surface area contributed by atoms with E-state index in [1.54, 1.807) is 10.6 Å². The standard InChI is InChI=1S/C14H12ClN3O2S/c15-11-4-1-2-5-12(11)20-7-3-6-13-17-18-10(9-19)8-16-14(18)21-13/h1-2,4-5,8-9H,3,6-7H2. The largest absolute Gasteiger partial charge is 0.492 e. The van der Waals surface area contributed by atoms with Crippen molar-refractivity contribution in [3.8, 4) is 5.75 Å². The van der Waals surface area contributed by atoms with Crippen LogP contribution in [0.25, 0.3) is 4.96 Å². The van der Waals surface area contributed by atoms with Crippen molar-refractivity contribution in [3.63, 3.8) is 0 Å². The number of rotatable bonds is 6. The summed E-state index contributed by atoms with van der Waals surface area (Å²) in [6, 6.07) is 7.40. The highest BCUT2D eigenvalue weighted by Crippen LogP contribution is 2.23. The first-order valence-electron chi connectivity index (χ1n) is 6.44. The van der Waals surface area contributed by atoms with Crippen LogP contribution in [-0.2, 0) is 6.42 Å². The Morgan fingerprint density at radius 1 is 1.38 bits per heavy atom. The quantitative estimate of drug-likeness (QED) is 0.516. The number of carbonyl (C=O) groups is 1. The molecule has 0 unspecified atom stereocenters. The Labute approximate surface area is 130 Å². The second-order valence-corrected chi connectivity index (χ2v) is 5.82. The Kier molecular flexibility index (Phi) is 4.17. The molecule has 0 aliphatic carbocycles. The van der Waals surface area contributed by atoms with Gasteiger partial charge < -0.3 is 4.74 Å². The van der Waals surface area contributed by atoms with Crippen molar-refractivity contribution >= 4 is 34.2 Å². The number of hydrogen-bond acceptors (Lipinski definition) is 5. The summed E-state index contributed by atoms with van der Waals surface area (Å²) in [5.74, 6) is 0.691. The Balaban J connectivity index is 1.56.